The first-order valence-electron chi connectivity index (χ1n) is 9.81. The molecule has 0 bridgehead atoms. The van der Waals surface area contributed by atoms with Gasteiger partial charge in [-0.15, -0.1) is 17.9 Å². The maximum atomic E-state index is 5.41. The van der Waals surface area contributed by atoms with Crippen molar-refractivity contribution >= 4 is 28.3 Å². The van der Waals surface area contributed by atoms with E-state index >= 15 is 0 Å². The van der Waals surface area contributed by atoms with Crippen LogP contribution >= 0.6 is 11.3 Å². The van der Waals surface area contributed by atoms with Gasteiger partial charge in [-0.1, -0.05) is 48.5 Å². The Labute approximate surface area is 185 Å². The molecule has 0 spiro atoms. The highest BCUT2D eigenvalue weighted by Crippen LogP contribution is 2.29. The average Bonchev–Trinajstić information content (AvgIpc) is 3.23. The van der Waals surface area contributed by atoms with E-state index in [1.807, 2.05) is 28.9 Å². The lowest BCUT2D eigenvalue weighted by Gasteiger charge is -2.09. The Balaban J connectivity index is 1.84. The Morgan fingerprint density at radius 2 is 1.81 bits per heavy atom. The van der Waals surface area contributed by atoms with Gasteiger partial charge in [0.25, 0.3) is 0 Å². The van der Waals surface area contributed by atoms with E-state index in [2.05, 4.69) is 53.3 Å². The number of hydrogen-bond acceptors (Lipinski definition) is 5. The lowest BCUT2D eigenvalue weighted by molar-refractivity contribution is 0.355. The van der Waals surface area contributed by atoms with Crippen LogP contribution in [0.3, 0.4) is 0 Å². The van der Waals surface area contributed by atoms with Crippen molar-refractivity contribution in [1.82, 2.24) is 4.68 Å². The predicted molar refractivity (Wildman–Crippen MR) is 128 cm³/mol. The zero-order valence-corrected chi connectivity index (χ0v) is 18.3. The van der Waals surface area contributed by atoms with Crippen LogP contribution in [-0.2, 0) is 0 Å². The van der Waals surface area contributed by atoms with E-state index in [0.29, 0.717) is 18.0 Å². The Kier molecular flexibility index (Phi) is 6.29. The molecule has 1 heterocycles. The van der Waals surface area contributed by atoms with E-state index in [0.717, 1.165) is 21.6 Å². The molecule has 0 unspecified atom stereocenters. The summed E-state index contributed by atoms with van der Waals surface area (Å²) in [7, 11) is 3.24. The summed E-state index contributed by atoms with van der Waals surface area (Å²) in [5.74, 6) is 1.34. The third kappa shape index (κ3) is 4.29. The molecule has 5 nitrogen and oxygen atoms in total. The number of thiazole rings is 1. The van der Waals surface area contributed by atoms with Crippen molar-refractivity contribution in [2.24, 2.45) is 10.1 Å². The molecule has 0 N–H and O–H groups in total. The van der Waals surface area contributed by atoms with Gasteiger partial charge in [-0.05, 0) is 34.5 Å². The van der Waals surface area contributed by atoms with E-state index in [9.17, 15) is 0 Å². The normalized spacial score (nSPS) is 11.9. The number of rotatable bonds is 7. The number of hydrogen-bond donors (Lipinski definition) is 0. The molecule has 31 heavy (non-hydrogen) atoms. The Bertz CT molecular complexity index is 1310. The van der Waals surface area contributed by atoms with Crippen molar-refractivity contribution in [2.45, 2.75) is 0 Å². The molecule has 0 atom stereocenters. The molecule has 4 aromatic rings. The summed E-state index contributed by atoms with van der Waals surface area (Å²) >= 11 is 1.56. The van der Waals surface area contributed by atoms with Crippen molar-refractivity contribution in [3.63, 3.8) is 0 Å². The van der Waals surface area contributed by atoms with Crippen molar-refractivity contribution in [1.29, 1.82) is 0 Å². The highest BCUT2D eigenvalue weighted by molar-refractivity contribution is 7.07. The monoisotopic (exact) mass is 429 g/mol. The van der Waals surface area contributed by atoms with E-state index in [-0.39, 0.29) is 0 Å². The third-order valence-electron chi connectivity index (χ3n) is 4.84. The fraction of sp³-hybridized carbons (Fsp3) is 0.120. The van der Waals surface area contributed by atoms with Crippen LogP contribution in [0, 0.1) is 0 Å². The summed E-state index contributed by atoms with van der Waals surface area (Å²) in [5.41, 5.74) is 3.00. The molecule has 156 valence electrons. The standard InChI is InChI=1S/C25H23N3O2S/c1-4-14-26-25-28(27-16-18-12-13-23(29-2)24(15-18)30-3)22(17-31-25)21-11-7-9-19-8-5-6-10-20(19)21/h4-13,15-17H,1,14H2,2-3H3. The maximum Gasteiger partial charge on any atom is 0.206 e. The molecule has 0 saturated carbocycles. The second kappa shape index (κ2) is 9.45. The molecule has 6 heteroatoms. The summed E-state index contributed by atoms with van der Waals surface area (Å²) in [6.07, 6.45) is 3.58. The topological polar surface area (TPSA) is 48.1 Å². The minimum atomic E-state index is 0.529. The maximum absolute atomic E-state index is 5.41. The lowest BCUT2D eigenvalue weighted by Crippen LogP contribution is -2.12. The highest BCUT2D eigenvalue weighted by atomic mass is 32.1. The largest absolute Gasteiger partial charge is 0.493 e. The minimum absolute atomic E-state index is 0.529. The smallest absolute Gasteiger partial charge is 0.206 e. The van der Waals surface area contributed by atoms with Gasteiger partial charge in [-0.25, -0.2) is 4.68 Å². The van der Waals surface area contributed by atoms with Crippen molar-refractivity contribution in [3.05, 3.63) is 89.1 Å². The fourth-order valence-electron chi connectivity index (χ4n) is 3.35. The summed E-state index contributed by atoms with van der Waals surface area (Å²) in [5, 5.41) is 9.23. The summed E-state index contributed by atoms with van der Waals surface area (Å²) < 4.78 is 12.6. The average molecular weight is 430 g/mol. The molecule has 0 amide bonds. The van der Waals surface area contributed by atoms with Crippen LogP contribution in [-0.4, -0.2) is 31.7 Å². The highest BCUT2D eigenvalue weighted by Gasteiger charge is 2.11. The zero-order valence-electron chi connectivity index (χ0n) is 17.5. The van der Waals surface area contributed by atoms with Gasteiger partial charge in [0, 0.05) is 10.9 Å². The van der Waals surface area contributed by atoms with Crippen LogP contribution in [0.2, 0.25) is 0 Å². The SMILES string of the molecule is C=CCN=c1scc(-c2cccc3ccccc23)n1N=Cc1ccc(OC)c(OC)c1. The number of fused-ring (bicyclic) bond motifs is 1. The van der Waals surface area contributed by atoms with Gasteiger partial charge >= 0.3 is 0 Å². The van der Waals surface area contributed by atoms with Gasteiger partial charge in [0.15, 0.2) is 11.5 Å². The fourth-order valence-corrected chi connectivity index (χ4v) is 4.19. The summed E-state index contributed by atoms with van der Waals surface area (Å²) in [6.45, 7) is 4.31. The molecule has 1 aromatic heterocycles. The first-order valence-corrected chi connectivity index (χ1v) is 10.7. The van der Waals surface area contributed by atoms with Gasteiger partial charge in [-0.3, -0.25) is 4.99 Å². The van der Waals surface area contributed by atoms with Gasteiger partial charge < -0.3 is 9.47 Å². The first kappa shape index (κ1) is 20.6. The third-order valence-corrected chi connectivity index (χ3v) is 5.69. The number of aromatic nitrogens is 1. The van der Waals surface area contributed by atoms with E-state index in [4.69, 9.17) is 14.6 Å². The molecular weight excluding hydrogens is 406 g/mol. The van der Waals surface area contributed by atoms with Crippen LogP contribution < -0.4 is 14.3 Å². The van der Waals surface area contributed by atoms with Gasteiger partial charge in [0.2, 0.25) is 4.80 Å². The van der Waals surface area contributed by atoms with Gasteiger partial charge in [-0.2, -0.15) is 5.10 Å². The zero-order chi connectivity index (χ0) is 21.6. The Hall–Kier alpha value is -3.64. The van der Waals surface area contributed by atoms with Crippen LogP contribution in [0.5, 0.6) is 11.5 Å². The number of ether oxygens (including phenoxy) is 2. The van der Waals surface area contributed by atoms with E-state index < -0.39 is 0 Å². The quantitative estimate of drug-likeness (QED) is 0.293. The molecular formula is C25H23N3O2S. The molecule has 0 fully saturated rings. The molecule has 0 aliphatic heterocycles. The summed E-state index contributed by atoms with van der Waals surface area (Å²) in [6, 6.07) is 20.4. The number of nitrogens with zero attached hydrogens (tertiary/aromatic N) is 3. The molecule has 0 saturated heterocycles. The number of methoxy groups -OCH3 is 2. The Morgan fingerprint density at radius 3 is 2.61 bits per heavy atom. The lowest BCUT2D eigenvalue weighted by atomic mass is 10.0. The second-order valence-corrected chi connectivity index (χ2v) is 7.57. The Morgan fingerprint density at radius 1 is 1.00 bits per heavy atom. The van der Waals surface area contributed by atoms with Crippen LogP contribution in [0.4, 0.5) is 0 Å². The van der Waals surface area contributed by atoms with E-state index in [1.165, 1.54) is 10.8 Å². The molecule has 0 aliphatic rings. The van der Waals surface area contributed by atoms with E-state index in [1.54, 1.807) is 37.8 Å². The summed E-state index contributed by atoms with van der Waals surface area (Å²) in [4.78, 5) is 5.43. The molecule has 4 rings (SSSR count). The van der Waals surface area contributed by atoms with Crippen LogP contribution in [0.25, 0.3) is 22.0 Å². The van der Waals surface area contributed by atoms with Crippen molar-refractivity contribution in [2.75, 3.05) is 20.8 Å². The van der Waals surface area contributed by atoms with Crippen LogP contribution in [0.1, 0.15) is 5.56 Å². The first-order chi connectivity index (χ1) is 15.2. The molecule has 0 aliphatic carbocycles. The molecule has 3 aromatic carbocycles. The van der Waals surface area contributed by atoms with Gasteiger partial charge in [0.1, 0.15) is 0 Å². The second-order valence-electron chi connectivity index (χ2n) is 6.73. The number of benzene rings is 3. The minimum Gasteiger partial charge on any atom is -0.493 e. The van der Waals surface area contributed by atoms with Crippen molar-refractivity contribution in [3.8, 4) is 22.8 Å². The van der Waals surface area contributed by atoms with Crippen molar-refractivity contribution < 1.29 is 9.47 Å². The van der Waals surface area contributed by atoms with Crippen LogP contribution in [0.15, 0.2) is 88.8 Å². The predicted octanol–water partition coefficient (Wildman–Crippen LogP) is 5.36. The van der Waals surface area contributed by atoms with Gasteiger partial charge in [0.05, 0.1) is 32.7 Å². The molecule has 0 radical (unpaired) electrons.